The maximum atomic E-state index is 12.7. The highest BCUT2D eigenvalue weighted by Crippen LogP contribution is 2.23. The summed E-state index contributed by atoms with van der Waals surface area (Å²) in [5.41, 5.74) is 0.938. The Morgan fingerprint density at radius 3 is 2.64 bits per heavy atom. The van der Waals surface area contributed by atoms with Gasteiger partial charge in [-0.3, -0.25) is 4.79 Å². The van der Waals surface area contributed by atoms with Crippen molar-refractivity contribution in [1.82, 2.24) is 19.7 Å². The second-order valence-corrected chi connectivity index (χ2v) is 7.79. The summed E-state index contributed by atoms with van der Waals surface area (Å²) < 4.78 is 1.64. The first-order valence-corrected chi connectivity index (χ1v) is 10.0. The number of hydrogen-bond donors (Lipinski definition) is 1. The summed E-state index contributed by atoms with van der Waals surface area (Å²) in [6.07, 6.45) is 2.44. The van der Waals surface area contributed by atoms with E-state index >= 15 is 0 Å². The standard InChI is InChI=1S/C20H19N5O2S/c21-13-15-3-5-16(6-4-15)19(26)24-9-7-14(8-10-24)12-17-22-23-20(27)25(17)18-2-1-11-28-18/h1-6,11,14H,7-10,12H2,(H,23,27). The van der Waals surface area contributed by atoms with E-state index in [0.717, 1.165) is 23.7 Å². The lowest BCUT2D eigenvalue weighted by molar-refractivity contribution is 0.0689. The number of nitrogens with zero attached hydrogens (tertiary/aromatic N) is 4. The molecule has 1 amide bonds. The van der Waals surface area contributed by atoms with E-state index in [1.807, 2.05) is 22.4 Å². The molecule has 4 rings (SSSR count). The van der Waals surface area contributed by atoms with Crippen LogP contribution in [0.3, 0.4) is 0 Å². The Kier molecular flexibility index (Phi) is 5.08. The molecule has 0 spiro atoms. The molecule has 28 heavy (non-hydrogen) atoms. The third kappa shape index (κ3) is 3.62. The molecular weight excluding hydrogens is 374 g/mol. The van der Waals surface area contributed by atoms with Crippen LogP contribution in [-0.2, 0) is 6.42 Å². The van der Waals surface area contributed by atoms with Gasteiger partial charge < -0.3 is 4.90 Å². The Balaban J connectivity index is 1.39. The van der Waals surface area contributed by atoms with E-state index in [9.17, 15) is 9.59 Å². The van der Waals surface area contributed by atoms with Crippen LogP contribution < -0.4 is 5.69 Å². The van der Waals surface area contributed by atoms with Crippen molar-refractivity contribution >= 4 is 17.2 Å². The van der Waals surface area contributed by atoms with E-state index in [1.54, 1.807) is 28.8 Å². The summed E-state index contributed by atoms with van der Waals surface area (Å²) in [6, 6.07) is 12.6. The van der Waals surface area contributed by atoms with Gasteiger partial charge in [-0.05, 0) is 60.5 Å². The molecule has 0 aliphatic carbocycles. The number of nitrogens with one attached hydrogen (secondary N) is 1. The molecule has 0 radical (unpaired) electrons. The van der Waals surface area contributed by atoms with Crippen molar-refractivity contribution in [1.29, 1.82) is 5.26 Å². The Morgan fingerprint density at radius 1 is 1.25 bits per heavy atom. The van der Waals surface area contributed by atoms with E-state index in [0.29, 0.717) is 36.6 Å². The number of aromatic amines is 1. The van der Waals surface area contributed by atoms with E-state index in [1.165, 1.54) is 11.3 Å². The smallest absolute Gasteiger partial charge is 0.339 e. The first kappa shape index (κ1) is 18.2. The normalized spacial score (nSPS) is 14.8. The molecule has 8 heteroatoms. The van der Waals surface area contributed by atoms with Gasteiger partial charge in [0.1, 0.15) is 10.8 Å². The van der Waals surface area contributed by atoms with Crippen molar-refractivity contribution in [2.45, 2.75) is 19.3 Å². The lowest BCUT2D eigenvalue weighted by atomic mass is 9.93. The van der Waals surface area contributed by atoms with Crippen LogP contribution in [0.15, 0.2) is 46.6 Å². The summed E-state index contributed by atoms with van der Waals surface area (Å²) in [4.78, 5) is 26.6. The topological polar surface area (TPSA) is 94.8 Å². The van der Waals surface area contributed by atoms with Crippen molar-refractivity contribution in [3.63, 3.8) is 0 Å². The van der Waals surface area contributed by atoms with Crippen LogP contribution >= 0.6 is 11.3 Å². The van der Waals surface area contributed by atoms with Crippen LogP contribution in [0.1, 0.15) is 34.6 Å². The SMILES string of the molecule is N#Cc1ccc(C(=O)N2CCC(Cc3n[nH]c(=O)n3-c3cccs3)CC2)cc1. The Bertz CT molecular complexity index is 1050. The molecule has 1 aliphatic rings. The van der Waals surface area contributed by atoms with E-state index in [4.69, 9.17) is 5.26 Å². The average molecular weight is 393 g/mol. The van der Waals surface area contributed by atoms with Crippen molar-refractivity contribution in [3.8, 4) is 11.1 Å². The van der Waals surface area contributed by atoms with E-state index in [2.05, 4.69) is 16.3 Å². The number of piperidine rings is 1. The molecule has 1 N–H and O–H groups in total. The third-order valence-electron chi connectivity index (χ3n) is 5.10. The summed E-state index contributed by atoms with van der Waals surface area (Å²) in [6.45, 7) is 1.36. The lowest BCUT2D eigenvalue weighted by Crippen LogP contribution is -2.39. The zero-order valence-corrected chi connectivity index (χ0v) is 16.0. The molecule has 1 aromatic carbocycles. The Hall–Kier alpha value is -3.18. The highest BCUT2D eigenvalue weighted by atomic mass is 32.1. The van der Waals surface area contributed by atoms with Gasteiger partial charge in [0.2, 0.25) is 0 Å². The molecular formula is C20H19N5O2S. The fourth-order valence-corrected chi connectivity index (χ4v) is 4.31. The highest BCUT2D eigenvalue weighted by molar-refractivity contribution is 7.12. The maximum absolute atomic E-state index is 12.7. The lowest BCUT2D eigenvalue weighted by Gasteiger charge is -2.32. The number of rotatable bonds is 4. The van der Waals surface area contributed by atoms with Crippen molar-refractivity contribution in [3.05, 3.63) is 69.2 Å². The Labute approximate surface area is 165 Å². The summed E-state index contributed by atoms with van der Waals surface area (Å²) >= 11 is 1.51. The van der Waals surface area contributed by atoms with Gasteiger partial charge in [0.15, 0.2) is 0 Å². The number of aromatic nitrogens is 3. The predicted molar refractivity (Wildman–Crippen MR) is 106 cm³/mol. The third-order valence-corrected chi connectivity index (χ3v) is 5.96. The van der Waals surface area contributed by atoms with Gasteiger partial charge >= 0.3 is 5.69 Å². The molecule has 1 saturated heterocycles. The van der Waals surface area contributed by atoms with Gasteiger partial charge in [-0.2, -0.15) is 10.4 Å². The first-order valence-electron chi connectivity index (χ1n) is 9.15. The predicted octanol–water partition coefficient (Wildman–Crippen LogP) is 2.59. The molecule has 7 nitrogen and oxygen atoms in total. The van der Waals surface area contributed by atoms with Crippen LogP contribution in [0.4, 0.5) is 0 Å². The molecule has 142 valence electrons. The van der Waals surface area contributed by atoms with Gasteiger partial charge in [0.25, 0.3) is 5.91 Å². The van der Waals surface area contributed by atoms with E-state index in [-0.39, 0.29) is 11.6 Å². The fourth-order valence-electron chi connectivity index (χ4n) is 3.56. The van der Waals surface area contributed by atoms with Gasteiger partial charge in [-0.15, -0.1) is 11.3 Å². The number of benzene rings is 1. The van der Waals surface area contributed by atoms with Gasteiger partial charge in [0.05, 0.1) is 11.6 Å². The Morgan fingerprint density at radius 2 is 2.00 bits per heavy atom. The second-order valence-electron chi connectivity index (χ2n) is 6.86. The first-order chi connectivity index (χ1) is 13.7. The summed E-state index contributed by atoms with van der Waals surface area (Å²) in [7, 11) is 0. The molecule has 0 unspecified atom stereocenters. The molecule has 1 fully saturated rings. The number of carbonyl (C=O) groups is 1. The maximum Gasteiger partial charge on any atom is 0.348 e. The van der Waals surface area contributed by atoms with Crippen LogP contribution in [0.5, 0.6) is 0 Å². The van der Waals surface area contributed by atoms with Crippen LogP contribution in [-0.4, -0.2) is 38.7 Å². The highest BCUT2D eigenvalue weighted by Gasteiger charge is 2.25. The fraction of sp³-hybridized carbons (Fsp3) is 0.300. The quantitative estimate of drug-likeness (QED) is 0.737. The number of hydrogen-bond acceptors (Lipinski definition) is 5. The van der Waals surface area contributed by atoms with Gasteiger partial charge in [-0.25, -0.2) is 14.5 Å². The molecule has 0 atom stereocenters. The van der Waals surface area contributed by atoms with Crippen molar-refractivity contribution in [2.75, 3.05) is 13.1 Å². The zero-order valence-electron chi connectivity index (χ0n) is 15.2. The van der Waals surface area contributed by atoms with Crippen molar-refractivity contribution in [2.24, 2.45) is 5.92 Å². The minimum absolute atomic E-state index is 0.00166. The number of thiophene rings is 1. The number of likely N-dealkylation sites (tertiary alicyclic amines) is 1. The molecule has 3 aromatic rings. The molecule has 3 heterocycles. The van der Waals surface area contributed by atoms with Gasteiger partial charge in [-0.1, -0.05) is 0 Å². The number of nitriles is 1. The van der Waals surface area contributed by atoms with Crippen LogP contribution in [0.2, 0.25) is 0 Å². The number of amides is 1. The number of carbonyl (C=O) groups excluding carboxylic acids is 1. The van der Waals surface area contributed by atoms with Crippen LogP contribution in [0.25, 0.3) is 5.00 Å². The molecule has 0 saturated carbocycles. The number of H-pyrrole nitrogens is 1. The molecule has 1 aliphatic heterocycles. The second kappa shape index (κ2) is 7.82. The van der Waals surface area contributed by atoms with Crippen molar-refractivity contribution < 1.29 is 4.79 Å². The largest absolute Gasteiger partial charge is 0.348 e. The summed E-state index contributed by atoms with van der Waals surface area (Å²) in [5.74, 6) is 1.11. The minimum Gasteiger partial charge on any atom is -0.339 e. The molecule has 2 aromatic heterocycles. The van der Waals surface area contributed by atoms with Gasteiger partial charge in [0, 0.05) is 25.1 Å². The summed E-state index contributed by atoms with van der Waals surface area (Å²) in [5, 5.41) is 18.4. The average Bonchev–Trinajstić information content (AvgIpc) is 3.38. The monoisotopic (exact) mass is 393 g/mol. The van der Waals surface area contributed by atoms with E-state index < -0.39 is 0 Å². The van der Waals surface area contributed by atoms with Crippen LogP contribution in [0, 0.1) is 17.2 Å². The molecule has 0 bridgehead atoms. The minimum atomic E-state index is -0.217. The zero-order chi connectivity index (χ0) is 19.5.